The Kier molecular flexibility index (Phi) is 6.41. The normalized spacial score (nSPS) is 16.9. The number of aromatic carboxylic acids is 2. The van der Waals surface area contributed by atoms with E-state index in [1.807, 2.05) is 0 Å². The van der Waals surface area contributed by atoms with Crippen LogP contribution in [0.3, 0.4) is 0 Å². The number of rotatable bonds is 7. The first kappa shape index (κ1) is 21.4. The lowest BCUT2D eigenvalue weighted by Crippen LogP contribution is -2.37. The number of hydrogen-bond donors (Lipinski definition) is 4. The molecule has 0 radical (unpaired) electrons. The number of likely N-dealkylation sites (tertiary alicyclic amines) is 1. The summed E-state index contributed by atoms with van der Waals surface area (Å²) in [4.78, 5) is 40.2. The maximum absolute atomic E-state index is 12.3. The number of carboxylic acid groups (broad SMARTS) is 2. The van der Waals surface area contributed by atoms with Crippen LogP contribution in [0.15, 0.2) is 29.1 Å². The predicted molar refractivity (Wildman–Crippen MR) is 111 cm³/mol. The van der Waals surface area contributed by atoms with Crippen molar-refractivity contribution in [3.8, 4) is 16.9 Å². The standard InChI is InChI=1S/C21H25N3O6/c1-12-5-4-8-24(11-12)9-10-30-14-7-3-2-6-13(14)15-16(20(26)27)18(22)23-19(25)17(15)21(28)29/h2-3,6-7,12H,4-5,8-11H2,1H3,(H,26,27)(H,28,29)(H3,22,23,25). The highest BCUT2D eigenvalue weighted by Crippen LogP contribution is 2.35. The molecule has 1 fully saturated rings. The molecule has 2 aromatic rings. The number of hydrogen-bond acceptors (Lipinski definition) is 6. The minimum atomic E-state index is -1.55. The van der Waals surface area contributed by atoms with Crippen molar-refractivity contribution in [2.75, 3.05) is 32.0 Å². The van der Waals surface area contributed by atoms with Crippen LogP contribution in [0.4, 0.5) is 5.82 Å². The summed E-state index contributed by atoms with van der Waals surface area (Å²) in [7, 11) is 0. The first-order valence-corrected chi connectivity index (χ1v) is 9.76. The quantitative estimate of drug-likeness (QED) is 0.538. The number of nitrogens with two attached hydrogens (primary N) is 1. The molecule has 3 rings (SSSR count). The van der Waals surface area contributed by atoms with E-state index in [1.165, 1.54) is 12.5 Å². The fourth-order valence-electron chi connectivity index (χ4n) is 3.89. The SMILES string of the molecule is CC1CCCN(CCOc2ccccc2-c2c(C(=O)O)c(N)[nH]c(=O)c2C(=O)O)C1. The average molecular weight is 415 g/mol. The molecule has 0 saturated carbocycles. The first-order valence-electron chi connectivity index (χ1n) is 9.76. The number of nitrogens with one attached hydrogen (secondary N) is 1. The van der Waals surface area contributed by atoms with Gasteiger partial charge in [-0.1, -0.05) is 25.1 Å². The van der Waals surface area contributed by atoms with Crippen LogP contribution < -0.4 is 16.0 Å². The molecular weight excluding hydrogens is 390 g/mol. The van der Waals surface area contributed by atoms with Gasteiger partial charge in [0.1, 0.15) is 29.3 Å². The Morgan fingerprint density at radius 2 is 1.93 bits per heavy atom. The first-order chi connectivity index (χ1) is 14.3. The van der Waals surface area contributed by atoms with E-state index >= 15 is 0 Å². The zero-order valence-electron chi connectivity index (χ0n) is 16.7. The van der Waals surface area contributed by atoms with Crippen molar-refractivity contribution in [2.24, 2.45) is 5.92 Å². The van der Waals surface area contributed by atoms with Crippen LogP contribution in [0.2, 0.25) is 0 Å². The summed E-state index contributed by atoms with van der Waals surface area (Å²) in [6, 6.07) is 6.44. The predicted octanol–water partition coefficient (Wildman–Crippen LogP) is 2.13. The van der Waals surface area contributed by atoms with E-state index in [0.717, 1.165) is 19.5 Å². The summed E-state index contributed by atoms with van der Waals surface area (Å²) < 4.78 is 5.90. The van der Waals surface area contributed by atoms with Gasteiger partial charge in [-0.3, -0.25) is 9.69 Å². The number of aromatic amines is 1. The third-order valence-electron chi connectivity index (χ3n) is 5.23. The summed E-state index contributed by atoms with van der Waals surface area (Å²) >= 11 is 0. The average Bonchev–Trinajstić information content (AvgIpc) is 2.67. The Bertz CT molecular complexity index is 1020. The molecule has 1 aromatic carbocycles. The highest BCUT2D eigenvalue weighted by Gasteiger charge is 2.28. The van der Waals surface area contributed by atoms with Crippen molar-refractivity contribution in [1.82, 2.24) is 9.88 Å². The van der Waals surface area contributed by atoms with Gasteiger partial charge in [-0.05, 0) is 31.4 Å². The molecule has 5 N–H and O–H groups in total. The topological polar surface area (TPSA) is 146 Å². The highest BCUT2D eigenvalue weighted by atomic mass is 16.5. The largest absolute Gasteiger partial charge is 0.492 e. The Balaban J connectivity index is 1.98. The van der Waals surface area contributed by atoms with Gasteiger partial charge >= 0.3 is 11.9 Å². The lowest BCUT2D eigenvalue weighted by atomic mass is 9.94. The lowest BCUT2D eigenvalue weighted by molar-refractivity contribution is 0.0695. The van der Waals surface area contributed by atoms with Crippen LogP contribution in [0.5, 0.6) is 5.75 Å². The fraction of sp³-hybridized carbons (Fsp3) is 0.381. The van der Waals surface area contributed by atoms with Gasteiger partial charge in [-0.15, -0.1) is 0 Å². The van der Waals surface area contributed by atoms with E-state index in [1.54, 1.807) is 18.2 Å². The molecule has 160 valence electrons. The molecule has 0 amide bonds. The van der Waals surface area contributed by atoms with Gasteiger partial charge in [-0.25, -0.2) is 9.59 Å². The maximum atomic E-state index is 12.3. The van der Waals surface area contributed by atoms with Crippen molar-refractivity contribution in [2.45, 2.75) is 19.8 Å². The van der Waals surface area contributed by atoms with Crippen LogP contribution in [0.25, 0.3) is 11.1 Å². The summed E-state index contributed by atoms with van der Waals surface area (Å²) in [5, 5.41) is 19.2. The zero-order valence-corrected chi connectivity index (χ0v) is 16.7. The number of H-pyrrole nitrogens is 1. The van der Waals surface area contributed by atoms with Gasteiger partial charge in [0.15, 0.2) is 0 Å². The van der Waals surface area contributed by atoms with Crippen molar-refractivity contribution in [1.29, 1.82) is 0 Å². The summed E-state index contributed by atoms with van der Waals surface area (Å²) in [6.07, 6.45) is 2.34. The van der Waals surface area contributed by atoms with Gasteiger partial charge < -0.3 is 25.7 Å². The zero-order chi connectivity index (χ0) is 21.8. The summed E-state index contributed by atoms with van der Waals surface area (Å²) in [5.74, 6) is -2.49. The van der Waals surface area contributed by atoms with E-state index in [2.05, 4.69) is 16.8 Å². The molecule has 9 heteroatoms. The molecule has 1 aliphatic rings. The van der Waals surface area contributed by atoms with Gasteiger partial charge in [0, 0.05) is 24.2 Å². The lowest BCUT2D eigenvalue weighted by Gasteiger charge is -2.30. The van der Waals surface area contributed by atoms with Crippen LogP contribution in [-0.4, -0.2) is 58.3 Å². The number of nitrogen functional groups attached to an aromatic ring is 1. The summed E-state index contributed by atoms with van der Waals surface area (Å²) in [5.41, 5.74) is 3.49. The number of carbonyl (C=O) groups is 2. The van der Waals surface area contributed by atoms with Crippen molar-refractivity contribution < 1.29 is 24.5 Å². The molecule has 1 aliphatic heterocycles. The number of ether oxygens (including phenoxy) is 1. The molecule has 2 heterocycles. The van der Waals surface area contributed by atoms with E-state index in [4.69, 9.17) is 10.5 Å². The third kappa shape index (κ3) is 4.46. The molecule has 0 spiro atoms. The van der Waals surface area contributed by atoms with Crippen molar-refractivity contribution >= 4 is 17.8 Å². The smallest absolute Gasteiger partial charge is 0.342 e. The van der Waals surface area contributed by atoms with Crippen LogP contribution >= 0.6 is 0 Å². The van der Waals surface area contributed by atoms with Crippen LogP contribution in [0.1, 0.15) is 40.5 Å². The molecule has 9 nitrogen and oxygen atoms in total. The number of para-hydroxylation sites is 1. The van der Waals surface area contributed by atoms with Gasteiger partial charge in [0.05, 0.1) is 0 Å². The molecule has 1 aromatic heterocycles. The van der Waals surface area contributed by atoms with Gasteiger partial charge in [0.25, 0.3) is 5.56 Å². The highest BCUT2D eigenvalue weighted by molar-refractivity contribution is 6.08. The number of benzene rings is 1. The molecule has 1 atom stereocenters. The van der Waals surface area contributed by atoms with Gasteiger partial charge in [-0.2, -0.15) is 0 Å². The minimum Gasteiger partial charge on any atom is -0.492 e. The van der Waals surface area contributed by atoms with Crippen LogP contribution in [-0.2, 0) is 0 Å². The fourth-order valence-corrected chi connectivity index (χ4v) is 3.89. The van der Waals surface area contributed by atoms with E-state index in [9.17, 15) is 24.6 Å². The molecule has 0 bridgehead atoms. The maximum Gasteiger partial charge on any atom is 0.342 e. The Morgan fingerprint density at radius 1 is 1.23 bits per heavy atom. The number of pyridine rings is 1. The molecule has 1 saturated heterocycles. The number of piperidine rings is 1. The third-order valence-corrected chi connectivity index (χ3v) is 5.23. The number of aromatic nitrogens is 1. The van der Waals surface area contributed by atoms with E-state index in [0.29, 0.717) is 19.1 Å². The van der Waals surface area contributed by atoms with Crippen molar-refractivity contribution in [3.63, 3.8) is 0 Å². The molecular formula is C21H25N3O6. The van der Waals surface area contributed by atoms with Crippen LogP contribution in [0, 0.1) is 5.92 Å². The number of carboxylic acids is 2. The van der Waals surface area contributed by atoms with Crippen molar-refractivity contribution in [3.05, 3.63) is 45.7 Å². The number of anilines is 1. The molecule has 0 aliphatic carbocycles. The van der Waals surface area contributed by atoms with E-state index < -0.39 is 34.4 Å². The second-order valence-electron chi connectivity index (χ2n) is 7.50. The Morgan fingerprint density at radius 3 is 2.60 bits per heavy atom. The van der Waals surface area contributed by atoms with Gasteiger partial charge in [0.2, 0.25) is 0 Å². The molecule has 1 unspecified atom stereocenters. The minimum absolute atomic E-state index is 0.192. The second kappa shape index (κ2) is 9.00. The number of nitrogens with zero attached hydrogens (tertiary/aromatic N) is 1. The monoisotopic (exact) mass is 415 g/mol. The molecule has 30 heavy (non-hydrogen) atoms. The Labute approximate surface area is 173 Å². The van der Waals surface area contributed by atoms with E-state index in [-0.39, 0.29) is 16.9 Å². The second-order valence-corrected chi connectivity index (χ2v) is 7.50. The summed E-state index contributed by atoms with van der Waals surface area (Å²) in [6.45, 7) is 5.22. The Hall–Kier alpha value is -3.33.